The van der Waals surface area contributed by atoms with Crippen molar-refractivity contribution in [3.8, 4) is 17.5 Å². The molecule has 12 heteroatoms. The first-order valence-electron chi connectivity index (χ1n) is 8.14. The van der Waals surface area contributed by atoms with Crippen LogP contribution in [0.25, 0.3) is 0 Å². The molecule has 0 aliphatic rings. The second-order valence-electron chi connectivity index (χ2n) is 5.73. The molecule has 0 N–H and O–H groups in total. The summed E-state index contributed by atoms with van der Waals surface area (Å²) < 4.78 is 88.8. The normalized spacial score (nSPS) is 12.4. The Labute approximate surface area is 165 Å². The molecular weight excluding hydrogens is 418 g/mol. The minimum absolute atomic E-state index is 0.243. The van der Waals surface area contributed by atoms with Crippen molar-refractivity contribution in [2.45, 2.75) is 12.4 Å². The van der Waals surface area contributed by atoms with E-state index in [0.29, 0.717) is 17.4 Å². The molecule has 1 aromatic heterocycles. The number of nitrogens with zero attached hydrogens (tertiary/aromatic N) is 4. The highest BCUT2D eigenvalue weighted by molar-refractivity contribution is 5.83. The molecule has 0 atom stereocenters. The number of hydrogen-bond donors (Lipinski definition) is 0. The van der Waals surface area contributed by atoms with Gasteiger partial charge in [0.2, 0.25) is 0 Å². The number of hydrogen-bond acceptors (Lipinski definition) is 5. The highest BCUT2D eigenvalue weighted by atomic mass is 19.4. The maximum absolute atomic E-state index is 13.3. The van der Waals surface area contributed by atoms with Gasteiger partial charge in [-0.05, 0) is 30.3 Å². The average molecular weight is 430 g/mol. The van der Waals surface area contributed by atoms with Crippen LogP contribution in [0, 0.1) is 0 Å². The van der Waals surface area contributed by atoms with E-state index < -0.39 is 29.8 Å². The molecule has 0 aliphatic carbocycles. The molecule has 0 saturated heterocycles. The van der Waals surface area contributed by atoms with E-state index in [4.69, 9.17) is 9.47 Å². The Kier molecular flexibility index (Phi) is 5.67. The fraction of sp³-hybridized carbons (Fsp3) is 0.167. The Bertz CT molecular complexity index is 1060. The van der Waals surface area contributed by atoms with Crippen molar-refractivity contribution >= 4 is 6.21 Å². The first-order valence-corrected chi connectivity index (χ1v) is 8.14. The second-order valence-corrected chi connectivity index (χ2v) is 5.73. The summed E-state index contributed by atoms with van der Waals surface area (Å²) in [6.07, 6.45) is -8.55. The molecule has 0 unspecified atom stereocenters. The van der Waals surface area contributed by atoms with Crippen molar-refractivity contribution in [2.75, 3.05) is 7.11 Å². The number of benzene rings is 2. The topological polar surface area (TPSA) is 61.5 Å². The highest BCUT2D eigenvalue weighted by Crippen LogP contribution is 2.34. The summed E-state index contributed by atoms with van der Waals surface area (Å²) >= 11 is 0. The van der Waals surface area contributed by atoms with E-state index >= 15 is 0 Å². The third kappa shape index (κ3) is 4.70. The molecule has 0 bridgehead atoms. The standard InChI is InChI=1S/C18H12F6N4O2/c1-29-14-8-3-2-5-11(14)10-25-28-15(18(22,23)24)26-27-16(28)30-13-7-4-6-12(9-13)17(19,20)21/h2-10H,1H3/b25-10+. The fourth-order valence-corrected chi connectivity index (χ4v) is 2.34. The predicted octanol–water partition coefficient (Wildman–Crippen LogP) is 5.00. The molecule has 30 heavy (non-hydrogen) atoms. The molecule has 0 amide bonds. The van der Waals surface area contributed by atoms with Crippen molar-refractivity contribution in [3.63, 3.8) is 0 Å². The van der Waals surface area contributed by atoms with Crippen LogP contribution >= 0.6 is 0 Å². The number of methoxy groups -OCH3 is 1. The van der Waals surface area contributed by atoms with Crippen molar-refractivity contribution < 1.29 is 35.8 Å². The minimum atomic E-state index is -4.94. The molecule has 1 heterocycles. The zero-order valence-electron chi connectivity index (χ0n) is 15.1. The van der Waals surface area contributed by atoms with Gasteiger partial charge in [0, 0.05) is 5.56 Å². The lowest BCUT2D eigenvalue weighted by Gasteiger charge is -2.10. The quantitative estimate of drug-likeness (QED) is 0.422. The zero-order chi connectivity index (χ0) is 21.9. The molecule has 2 aromatic carbocycles. The van der Waals surface area contributed by atoms with Crippen molar-refractivity contribution in [1.82, 2.24) is 14.9 Å². The molecule has 6 nitrogen and oxygen atoms in total. The van der Waals surface area contributed by atoms with Crippen LogP contribution < -0.4 is 9.47 Å². The van der Waals surface area contributed by atoms with Crippen molar-refractivity contribution in [1.29, 1.82) is 0 Å². The number of rotatable bonds is 5. The van der Waals surface area contributed by atoms with Crippen LogP contribution in [0.15, 0.2) is 53.6 Å². The number of halogens is 6. The Balaban J connectivity index is 2.01. The molecule has 0 radical (unpaired) electrons. The zero-order valence-corrected chi connectivity index (χ0v) is 15.1. The molecule has 3 rings (SSSR count). The first-order chi connectivity index (χ1) is 14.1. The Morgan fingerprint density at radius 3 is 2.33 bits per heavy atom. The van der Waals surface area contributed by atoms with Gasteiger partial charge in [-0.3, -0.25) is 0 Å². The Hall–Kier alpha value is -3.57. The number of para-hydroxylation sites is 1. The Morgan fingerprint density at radius 1 is 0.933 bits per heavy atom. The van der Waals surface area contributed by atoms with Crippen LogP contribution in [-0.4, -0.2) is 28.2 Å². The minimum Gasteiger partial charge on any atom is -0.496 e. The van der Waals surface area contributed by atoms with E-state index in [1.165, 1.54) is 13.2 Å². The predicted molar refractivity (Wildman–Crippen MR) is 92.5 cm³/mol. The number of alkyl halides is 6. The highest BCUT2D eigenvalue weighted by Gasteiger charge is 2.39. The number of ether oxygens (including phenoxy) is 2. The molecule has 0 saturated carbocycles. The van der Waals surface area contributed by atoms with Crippen molar-refractivity contribution in [2.24, 2.45) is 5.10 Å². The van der Waals surface area contributed by atoms with Crippen LogP contribution in [0.2, 0.25) is 0 Å². The van der Waals surface area contributed by atoms with E-state index in [2.05, 4.69) is 15.3 Å². The largest absolute Gasteiger partial charge is 0.496 e. The average Bonchev–Trinajstić information content (AvgIpc) is 3.09. The molecule has 3 aromatic rings. The smallest absolute Gasteiger partial charge is 0.453 e. The van der Waals surface area contributed by atoms with Gasteiger partial charge < -0.3 is 9.47 Å². The van der Waals surface area contributed by atoms with Gasteiger partial charge in [0.05, 0.1) is 18.9 Å². The summed E-state index contributed by atoms with van der Waals surface area (Å²) in [5.74, 6) is -1.57. The monoisotopic (exact) mass is 430 g/mol. The van der Waals surface area contributed by atoms with Gasteiger partial charge in [0.25, 0.3) is 5.82 Å². The summed E-state index contributed by atoms with van der Waals surface area (Å²) in [6, 6.07) is 9.18. The molecule has 158 valence electrons. The fourth-order valence-electron chi connectivity index (χ4n) is 2.34. The molecule has 0 fully saturated rings. The van der Waals surface area contributed by atoms with Crippen LogP contribution in [0.5, 0.6) is 17.5 Å². The second kappa shape index (κ2) is 8.05. The maximum atomic E-state index is 13.3. The van der Waals surface area contributed by atoms with E-state index in [9.17, 15) is 26.3 Å². The van der Waals surface area contributed by atoms with Crippen LogP contribution in [0.1, 0.15) is 17.0 Å². The lowest BCUT2D eigenvalue weighted by Crippen LogP contribution is -2.13. The van der Waals surface area contributed by atoms with Gasteiger partial charge in [-0.25, -0.2) is 0 Å². The summed E-state index contributed by atoms with van der Waals surface area (Å²) in [5, 5.41) is 9.97. The lowest BCUT2D eigenvalue weighted by molar-refractivity contribution is -0.147. The SMILES string of the molecule is COc1ccccc1/C=N/n1c(Oc2cccc(C(F)(F)F)c2)nnc1C(F)(F)F. The number of aromatic nitrogens is 3. The van der Waals surface area contributed by atoms with Crippen LogP contribution in [0.4, 0.5) is 26.3 Å². The third-order valence-corrected chi connectivity index (χ3v) is 3.69. The maximum Gasteiger partial charge on any atom is 0.453 e. The summed E-state index contributed by atoms with van der Waals surface area (Å²) in [4.78, 5) is 0. The van der Waals surface area contributed by atoms with Gasteiger partial charge >= 0.3 is 18.4 Å². The van der Waals surface area contributed by atoms with Crippen molar-refractivity contribution in [3.05, 3.63) is 65.5 Å². The summed E-state index contributed by atoms with van der Waals surface area (Å²) in [5.41, 5.74) is -0.702. The third-order valence-electron chi connectivity index (χ3n) is 3.69. The molecular formula is C18H12F6N4O2. The van der Waals surface area contributed by atoms with Crippen LogP contribution in [-0.2, 0) is 12.4 Å². The van der Waals surface area contributed by atoms with E-state index in [1.807, 2.05) is 0 Å². The Morgan fingerprint density at radius 2 is 1.67 bits per heavy atom. The van der Waals surface area contributed by atoms with E-state index in [-0.39, 0.29) is 10.4 Å². The molecule has 0 spiro atoms. The van der Waals surface area contributed by atoms with Gasteiger partial charge in [0.1, 0.15) is 11.5 Å². The van der Waals surface area contributed by atoms with Crippen LogP contribution in [0.3, 0.4) is 0 Å². The van der Waals surface area contributed by atoms with Gasteiger partial charge in [-0.1, -0.05) is 23.3 Å². The summed E-state index contributed by atoms with van der Waals surface area (Å²) in [6.45, 7) is 0. The molecule has 0 aliphatic heterocycles. The lowest BCUT2D eigenvalue weighted by atomic mass is 10.2. The van der Waals surface area contributed by atoms with E-state index in [1.54, 1.807) is 18.2 Å². The summed E-state index contributed by atoms with van der Waals surface area (Å²) in [7, 11) is 1.37. The van der Waals surface area contributed by atoms with Gasteiger partial charge in [0.15, 0.2) is 0 Å². The van der Waals surface area contributed by atoms with Gasteiger partial charge in [-0.2, -0.15) is 36.1 Å². The first kappa shape index (κ1) is 21.1. The van der Waals surface area contributed by atoms with Gasteiger partial charge in [-0.15, -0.1) is 5.10 Å². The van der Waals surface area contributed by atoms with E-state index in [0.717, 1.165) is 24.4 Å².